The van der Waals surface area contributed by atoms with Crippen LogP contribution in [0.1, 0.15) is 0 Å². The molecule has 0 fully saturated rings. The molecule has 4 N–H and O–H groups in total. The van der Waals surface area contributed by atoms with Crippen molar-refractivity contribution in [3.63, 3.8) is 0 Å². The molecule has 2 amide bonds. The number of urea groups is 1. The Balaban J connectivity index is 4.17. The Morgan fingerprint density at radius 1 is 1.54 bits per heavy atom. The highest BCUT2D eigenvalue weighted by molar-refractivity contribution is 5.73. The van der Waals surface area contributed by atoms with E-state index in [0.717, 1.165) is 0 Å². The molecular formula is C5H10F3N3O2. The molecule has 13 heavy (non-hydrogen) atoms. The van der Waals surface area contributed by atoms with Gasteiger partial charge in [-0.3, -0.25) is 5.43 Å². The number of aliphatic hydroxyl groups excluding tert-OH is 1. The van der Waals surface area contributed by atoms with Crippen LogP contribution >= 0.6 is 0 Å². The zero-order valence-electron chi connectivity index (χ0n) is 6.64. The molecule has 78 valence electrons. The number of alkyl halides is 3. The van der Waals surface area contributed by atoms with Crippen molar-refractivity contribution in [2.75, 3.05) is 19.7 Å². The van der Waals surface area contributed by atoms with Gasteiger partial charge >= 0.3 is 12.2 Å². The second-order valence-electron chi connectivity index (χ2n) is 2.21. The van der Waals surface area contributed by atoms with Gasteiger partial charge in [0.2, 0.25) is 0 Å². The molecule has 0 radical (unpaired) electrons. The zero-order valence-corrected chi connectivity index (χ0v) is 6.64. The van der Waals surface area contributed by atoms with Crippen molar-refractivity contribution < 1.29 is 23.1 Å². The Labute approximate surface area is 72.3 Å². The number of nitrogens with zero attached hydrogens (tertiary/aromatic N) is 1. The minimum atomic E-state index is -4.50. The number of halogens is 3. The van der Waals surface area contributed by atoms with Crippen LogP contribution in [0.3, 0.4) is 0 Å². The summed E-state index contributed by atoms with van der Waals surface area (Å²) in [4.78, 5) is 11.0. The predicted molar refractivity (Wildman–Crippen MR) is 37.4 cm³/mol. The number of aliphatic hydroxyl groups is 1. The van der Waals surface area contributed by atoms with Crippen LogP contribution < -0.4 is 11.3 Å². The molecule has 0 aliphatic rings. The van der Waals surface area contributed by atoms with Crippen LogP contribution in [0.15, 0.2) is 0 Å². The Bertz CT molecular complexity index is 173. The first kappa shape index (κ1) is 12.0. The van der Waals surface area contributed by atoms with Crippen LogP contribution in [0.5, 0.6) is 0 Å². The molecule has 0 unspecified atom stereocenters. The minimum absolute atomic E-state index is 0.361. The van der Waals surface area contributed by atoms with Crippen molar-refractivity contribution in [2.24, 2.45) is 5.84 Å². The van der Waals surface area contributed by atoms with Gasteiger partial charge in [-0.2, -0.15) is 13.2 Å². The fraction of sp³-hybridized carbons (Fsp3) is 0.800. The van der Waals surface area contributed by atoms with Crippen molar-refractivity contribution in [3.05, 3.63) is 0 Å². The van der Waals surface area contributed by atoms with Crippen molar-refractivity contribution >= 4 is 6.03 Å². The number of hydrogen-bond acceptors (Lipinski definition) is 3. The Hall–Kier alpha value is -1.02. The molecule has 0 heterocycles. The summed E-state index contributed by atoms with van der Waals surface area (Å²) >= 11 is 0. The summed E-state index contributed by atoms with van der Waals surface area (Å²) in [7, 11) is 0. The highest BCUT2D eigenvalue weighted by Crippen LogP contribution is 2.15. The summed E-state index contributed by atoms with van der Waals surface area (Å²) in [6.45, 7) is -2.40. The van der Waals surface area contributed by atoms with Crippen LogP contribution in [0.25, 0.3) is 0 Å². The van der Waals surface area contributed by atoms with E-state index >= 15 is 0 Å². The quantitative estimate of drug-likeness (QED) is 0.325. The molecule has 0 bridgehead atoms. The Morgan fingerprint density at radius 2 is 2.08 bits per heavy atom. The summed E-state index contributed by atoms with van der Waals surface area (Å²) in [5.74, 6) is 4.63. The zero-order chi connectivity index (χ0) is 10.5. The Morgan fingerprint density at radius 3 is 2.38 bits per heavy atom. The second kappa shape index (κ2) is 4.87. The minimum Gasteiger partial charge on any atom is -0.395 e. The van der Waals surface area contributed by atoms with E-state index in [-0.39, 0.29) is 0 Å². The standard InChI is InChI=1S/C5H10F3N3O2/c6-5(7,8)3-11(1-2-12)4(13)10-9/h12H,1-3,9H2,(H,10,13). The highest BCUT2D eigenvalue weighted by atomic mass is 19.4. The summed E-state index contributed by atoms with van der Waals surface area (Å²) < 4.78 is 35.3. The lowest BCUT2D eigenvalue weighted by molar-refractivity contribution is -0.140. The molecule has 8 heteroatoms. The van der Waals surface area contributed by atoms with E-state index < -0.39 is 31.9 Å². The number of carbonyl (C=O) groups excluding carboxylic acids is 1. The number of hydrogen-bond donors (Lipinski definition) is 3. The van der Waals surface area contributed by atoms with Crippen LogP contribution in [0, 0.1) is 0 Å². The maximum Gasteiger partial charge on any atom is 0.406 e. The highest BCUT2D eigenvalue weighted by Gasteiger charge is 2.32. The van der Waals surface area contributed by atoms with Crippen molar-refractivity contribution in [3.8, 4) is 0 Å². The lowest BCUT2D eigenvalue weighted by Crippen LogP contribution is -2.48. The lowest BCUT2D eigenvalue weighted by atomic mass is 10.5. The van der Waals surface area contributed by atoms with Crippen molar-refractivity contribution in [1.29, 1.82) is 0 Å². The molecule has 0 atom stereocenters. The average molecular weight is 201 g/mol. The van der Waals surface area contributed by atoms with E-state index in [1.54, 1.807) is 5.43 Å². The number of nitrogens with one attached hydrogen (secondary N) is 1. The van der Waals surface area contributed by atoms with Crippen molar-refractivity contribution in [1.82, 2.24) is 10.3 Å². The van der Waals surface area contributed by atoms with Crippen molar-refractivity contribution in [2.45, 2.75) is 6.18 Å². The predicted octanol–water partition coefficient (Wildman–Crippen LogP) is -0.574. The number of carbonyl (C=O) groups is 1. The van der Waals surface area contributed by atoms with Gasteiger partial charge in [0.15, 0.2) is 0 Å². The summed E-state index contributed by atoms with van der Waals surface area (Å²) in [5, 5.41) is 8.35. The molecule has 0 spiro atoms. The maximum absolute atomic E-state index is 11.8. The smallest absolute Gasteiger partial charge is 0.395 e. The SMILES string of the molecule is NNC(=O)N(CCO)CC(F)(F)F. The van der Waals surface area contributed by atoms with E-state index in [1.807, 2.05) is 0 Å². The van der Waals surface area contributed by atoms with Gasteiger partial charge in [0.25, 0.3) is 0 Å². The summed E-state index contributed by atoms with van der Waals surface area (Å²) in [6.07, 6.45) is -4.50. The number of nitrogens with two attached hydrogens (primary N) is 1. The van der Waals surface area contributed by atoms with Gasteiger partial charge < -0.3 is 10.0 Å². The lowest BCUT2D eigenvalue weighted by Gasteiger charge is -2.21. The van der Waals surface area contributed by atoms with Crippen LogP contribution in [0.2, 0.25) is 0 Å². The van der Waals surface area contributed by atoms with E-state index in [9.17, 15) is 18.0 Å². The number of rotatable bonds is 3. The van der Waals surface area contributed by atoms with Gasteiger partial charge in [-0.1, -0.05) is 0 Å². The summed E-state index contributed by atoms with van der Waals surface area (Å²) in [5.41, 5.74) is 1.55. The molecule has 0 saturated carbocycles. The van der Waals surface area contributed by atoms with E-state index in [1.165, 1.54) is 0 Å². The molecule has 5 nitrogen and oxygen atoms in total. The maximum atomic E-state index is 11.8. The normalized spacial score (nSPS) is 11.2. The molecule has 0 rings (SSSR count). The summed E-state index contributed by atoms with van der Waals surface area (Å²) in [6, 6.07) is -1.08. The van der Waals surface area contributed by atoms with Gasteiger partial charge in [0, 0.05) is 6.54 Å². The third-order valence-corrected chi connectivity index (χ3v) is 1.15. The molecule has 0 aromatic carbocycles. The van der Waals surface area contributed by atoms with Gasteiger partial charge in [-0.15, -0.1) is 0 Å². The van der Waals surface area contributed by atoms with Crippen LogP contribution in [0.4, 0.5) is 18.0 Å². The number of amides is 2. The fourth-order valence-corrected chi connectivity index (χ4v) is 0.681. The first-order valence-corrected chi connectivity index (χ1v) is 3.34. The van der Waals surface area contributed by atoms with E-state index in [0.29, 0.717) is 4.90 Å². The third-order valence-electron chi connectivity index (χ3n) is 1.15. The molecule has 0 aromatic heterocycles. The third kappa shape index (κ3) is 5.26. The topological polar surface area (TPSA) is 78.6 Å². The van der Waals surface area contributed by atoms with E-state index in [4.69, 9.17) is 5.11 Å². The Kier molecular flexibility index (Phi) is 4.49. The van der Waals surface area contributed by atoms with E-state index in [2.05, 4.69) is 5.84 Å². The average Bonchev–Trinajstić information content (AvgIpc) is 2.00. The molecule has 0 saturated heterocycles. The first-order chi connectivity index (χ1) is 5.90. The van der Waals surface area contributed by atoms with Gasteiger partial charge in [-0.25, -0.2) is 10.6 Å². The van der Waals surface area contributed by atoms with Gasteiger partial charge in [0.1, 0.15) is 6.54 Å². The molecule has 0 aliphatic heterocycles. The second-order valence-corrected chi connectivity index (χ2v) is 2.21. The molecule has 0 aliphatic carbocycles. The first-order valence-electron chi connectivity index (χ1n) is 3.34. The molecular weight excluding hydrogens is 191 g/mol. The van der Waals surface area contributed by atoms with Gasteiger partial charge in [0.05, 0.1) is 6.61 Å². The monoisotopic (exact) mass is 201 g/mol. The molecule has 0 aromatic rings. The van der Waals surface area contributed by atoms with Crippen LogP contribution in [-0.4, -0.2) is 41.9 Å². The largest absolute Gasteiger partial charge is 0.406 e. The fourth-order valence-electron chi connectivity index (χ4n) is 0.681. The van der Waals surface area contributed by atoms with Gasteiger partial charge in [-0.05, 0) is 0 Å². The van der Waals surface area contributed by atoms with Crippen LogP contribution in [-0.2, 0) is 0 Å². The number of hydrazine groups is 1.